The van der Waals surface area contributed by atoms with E-state index in [-0.39, 0.29) is 0 Å². The smallest absolute Gasteiger partial charge is 0.251 e. The van der Waals surface area contributed by atoms with Crippen LogP contribution in [-0.4, -0.2) is 17.6 Å². The van der Waals surface area contributed by atoms with Crippen LogP contribution < -0.4 is 15.2 Å². The lowest BCUT2D eigenvalue weighted by molar-refractivity contribution is 0.1000. The fraction of sp³-hybridized carbons (Fsp3) is 0.207. The number of methoxy groups -OCH3 is 1. The minimum Gasteiger partial charge on any atom is -0.496 e. The minimum atomic E-state index is -0.432. The van der Waals surface area contributed by atoms with Crippen molar-refractivity contribution in [3.8, 4) is 28.4 Å². The summed E-state index contributed by atoms with van der Waals surface area (Å²) in [5.41, 5.74) is 11.2. The number of carbonyl (C=O) groups is 1. The maximum Gasteiger partial charge on any atom is 0.251 e. The lowest BCUT2D eigenvalue weighted by Gasteiger charge is -2.15. The van der Waals surface area contributed by atoms with E-state index < -0.39 is 5.91 Å². The van der Waals surface area contributed by atoms with Crippen LogP contribution in [0, 0.1) is 6.92 Å². The molecule has 1 aromatic heterocycles. The van der Waals surface area contributed by atoms with Crippen molar-refractivity contribution in [1.82, 2.24) is 4.57 Å². The Kier molecular flexibility index (Phi) is 7.02. The van der Waals surface area contributed by atoms with Gasteiger partial charge in [-0.05, 0) is 49.2 Å². The molecule has 0 atom stereocenters. The number of primary amides is 1. The van der Waals surface area contributed by atoms with Crippen LogP contribution in [0.1, 0.15) is 40.7 Å². The first-order valence-corrected chi connectivity index (χ1v) is 11.5. The van der Waals surface area contributed by atoms with Crippen molar-refractivity contribution in [3.63, 3.8) is 0 Å². The number of rotatable bonds is 9. The average molecular weight is 455 g/mol. The molecule has 3 aromatic carbocycles. The van der Waals surface area contributed by atoms with Crippen molar-refractivity contribution in [1.29, 1.82) is 0 Å². The number of hydrogen-bond acceptors (Lipinski definition) is 3. The molecule has 0 saturated carbocycles. The van der Waals surface area contributed by atoms with Gasteiger partial charge in [-0.1, -0.05) is 61.9 Å². The van der Waals surface area contributed by atoms with Crippen molar-refractivity contribution in [2.24, 2.45) is 5.73 Å². The first-order chi connectivity index (χ1) is 16.5. The van der Waals surface area contributed by atoms with E-state index in [1.54, 1.807) is 7.11 Å². The summed E-state index contributed by atoms with van der Waals surface area (Å²) in [6.07, 6.45) is 1.74. The van der Waals surface area contributed by atoms with Gasteiger partial charge >= 0.3 is 0 Å². The summed E-state index contributed by atoms with van der Waals surface area (Å²) >= 11 is 0. The Morgan fingerprint density at radius 1 is 0.941 bits per heavy atom. The zero-order chi connectivity index (χ0) is 24.1. The van der Waals surface area contributed by atoms with Crippen LogP contribution in [0.4, 0.5) is 0 Å². The molecule has 4 rings (SSSR count). The van der Waals surface area contributed by atoms with Gasteiger partial charge in [0.1, 0.15) is 17.2 Å². The molecule has 0 bridgehead atoms. The van der Waals surface area contributed by atoms with Crippen molar-refractivity contribution in [3.05, 3.63) is 101 Å². The molecule has 0 aliphatic carbocycles. The SMILES string of the molecule is CCCc1c(-c2cccc(Oc3ccccc3)c2)c(C(N)=O)c(C)n1Cc1ccccc1OC. The summed E-state index contributed by atoms with van der Waals surface area (Å²) in [7, 11) is 1.67. The molecule has 34 heavy (non-hydrogen) atoms. The van der Waals surface area contributed by atoms with E-state index in [9.17, 15) is 4.79 Å². The maximum absolute atomic E-state index is 12.7. The molecule has 0 aliphatic rings. The molecule has 174 valence electrons. The van der Waals surface area contributed by atoms with Gasteiger partial charge in [-0.3, -0.25) is 4.79 Å². The van der Waals surface area contributed by atoms with Gasteiger partial charge in [-0.15, -0.1) is 0 Å². The van der Waals surface area contributed by atoms with Gasteiger partial charge in [0.05, 0.1) is 19.2 Å². The predicted molar refractivity (Wildman–Crippen MR) is 136 cm³/mol. The summed E-state index contributed by atoms with van der Waals surface area (Å²) in [5.74, 6) is 1.85. The fourth-order valence-electron chi connectivity index (χ4n) is 4.46. The van der Waals surface area contributed by atoms with E-state index in [2.05, 4.69) is 11.5 Å². The molecule has 0 spiro atoms. The number of nitrogens with zero attached hydrogens (tertiary/aromatic N) is 1. The summed E-state index contributed by atoms with van der Waals surface area (Å²) in [6.45, 7) is 4.69. The van der Waals surface area contributed by atoms with Crippen LogP contribution in [0.25, 0.3) is 11.1 Å². The molecule has 1 amide bonds. The zero-order valence-electron chi connectivity index (χ0n) is 19.9. The highest BCUT2D eigenvalue weighted by atomic mass is 16.5. The molecular weight excluding hydrogens is 424 g/mol. The van der Waals surface area contributed by atoms with Gasteiger partial charge < -0.3 is 19.8 Å². The van der Waals surface area contributed by atoms with E-state index in [0.29, 0.717) is 17.9 Å². The van der Waals surface area contributed by atoms with Crippen LogP contribution in [-0.2, 0) is 13.0 Å². The zero-order valence-corrected chi connectivity index (χ0v) is 19.9. The van der Waals surface area contributed by atoms with Gasteiger partial charge in [-0.25, -0.2) is 0 Å². The molecule has 1 heterocycles. The minimum absolute atomic E-state index is 0.432. The van der Waals surface area contributed by atoms with Crippen LogP contribution in [0.5, 0.6) is 17.2 Å². The second kappa shape index (κ2) is 10.3. The predicted octanol–water partition coefficient (Wildman–Crippen LogP) is 6.36. The highest BCUT2D eigenvalue weighted by molar-refractivity contribution is 6.02. The molecule has 0 saturated heterocycles. The fourth-order valence-corrected chi connectivity index (χ4v) is 4.46. The maximum atomic E-state index is 12.7. The summed E-state index contributed by atoms with van der Waals surface area (Å²) < 4.78 is 13.8. The second-order valence-corrected chi connectivity index (χ2v) is 8.24. The number of nitrogens with two attached hydrogens (primary N) is 1. The molecule has 5 nitrogen and oxygen atoms in total. The molecule has 0 aliphatic heterocycles. The Labute approximate surface area is 200 Å². The molecule has 0 unspecified atom stereocenters. The Morgan fingerprint density at radius 2 is 1.65 bits per heavy atom. The second-order valence-electron chi connectivity index (χ2n) is 8.24. The number of para-hydroxylation sites is 2. The van der Waals surface area contributed by atoms with Gasteiger partial charge in [0.2, 0.25) is 0 Å². The Hall–Kier alpha value is -3.99. The molecule has 0 radical (unpaired) electrons. The summed E-state index contributed by atoms with van der Waals surface area (Å²) in [4.78, 5) is 12.7. The number of carbonyl (C=O) groups excluding carboxylic acids is 1. The number of ether oxygens (including phenoxy) is 2. The van der Waals surface area contributed by atoms with Gasteiger partial charge in [0.25, 0.3) is 5.91 Å². The van der Waals surface area contributed by atoms with E-state index in [1.807, 2.05) is 85.8 Å². The van der Waals surface area contributed by atoms with E-state index >= 15 is 0 Å². The van der Waals surface area contributed by atoms with Crippen molar-refractivity contribution < 1.29 is 14.3 Å². The van der Waals surface area contributed by atoms with Crippen molar-refractivity contribution in [2.45, 2.75) is 33.2 Å². The van der Waals surface area contributed by atoms with Gasteiger partial charge in [0.15, 0.2) is 0 Å². The molecule has 4 aromatic rings. The molecular formula is C29H30N2O3. The first kappa shape index (κ1) is 23.2. The molecule has 2 N–H and O–H groups in total. The lowest BCUT2D eigenvalue weighted by atomic mass is 9.98. The first-order valence-electron chi connectivity index (χ1n) is 11.5. The van der Waals surface area contributed by atoms with Crippen LogP contribution >= 0.6 is 0 Å². The third-order valence-corrected chi connectivity index (χ3v) is 5.99. The molecule has 0 fully saturated rings. The van der Waals surface area contributed by atoms with Gasteiger partial charge in [-0.2, -0.15) is 0 Å². The third-order valence-electron chi connectivity index (χ3n) is 5.99. The monoisotopic (exact) mass is 454 g/mol. The van der Waals surface area contributed by atoms with Crippen molar-refractivity contribution in [2.75, 3.05) is 7.11 Å². The normalized spacial score (nSPS) is 10.8. The van der Waals surface area contributed by atoms with Crippen LogP contribution in [0.3, 0.4) is 0 Å². The topological polar surface area (TPSA) is 66.5 Å². The Bertz CT molecular complexity index is 1290. The van der Waals surface area contributed by atoms with Gasteiger partial charge in [0, 0.05) is 22.5 Å². The molecule has 5 heteroatoms. The Morgan fingerprint density at radius 3 is 2.35 bits per heavy atom. The number of amides is 1. The average Bonchev–Trinajstić information content (AvgIpc) is 3.12. The van der Waals surface area contributed by atoms with Crippen LogP contribution in [0.2, 0.25) is 0 Å². The summed E-state index contributed by atoms with van der Waals surface area (Å²) in [6, 6.07) is 25.4. The quantitative estimate of drug-likeness (QED) is 0.320. The summed E-state index contributed by atoms with van der Waals surface area (Å²) in [5, 5.41) is 0. The number of hydrogen-bond donors (Lipinski definition) is 1. The highest BCUT2D eigenvalue weighted by Crippen LogP contribution is 2.37. The highest BCUT2D eigenvalue weighted by Gasteiger charge is 2.25. The van der Waals surface area contributed by atoms with E-state index in [4.69, 9.17) is 15.2 Å². The van der Waals surface area contributed by atoms with E-state index in [1.165, 1.54) is 0 Å². The number of benzene rings is 3. The van der Waals surface area contributed by atoms with Crippen molar-refractivity contribution >= 4 is 5.91 Å². The van der Waals surface area contributed by atoms with Crippen LogP contribution in [0.15, 0.2) is 78.9 Å². The number of aromatic nitrogens is 1. The lowest BCUT2D eigenvalue weighted by Crippen LogP contribution is -2.13. The standard InChI is InChI=1S/C29H30N2O3/c1-4-11-25-28(21-13-10-16-24(18-21)34-23-14-6-5-7-15-23)27(29(30)32)20(2)31(25)19-22-12-8-9-17-26(22)33-3/h5-10,12-18H,4,11,19H2,1-3H3,(H2,30,32). The Balaban J connectivity index is 1.85. The third kappa shape index (κ3) is 4.69. The van der Waals surface area contributed by atoms with E-state index in [0.717, 1.165) is 52.4 Å². The largest absolute Gasteiger partial charge is 0.496 e.